The molecule has 2 atom stereocenters. The SMILES string of the molecule is CC1(C)c2ccccc2-c2ccc(N(c3ccccc3)c3ccc4ccccc4c3-c3ccc4c(c3)C3C=CC=CC3(C)S4)cc21. The fraction of sp³-hybridized carbons (Fsp3) is 0.136. The van der Waals surface area contributed by atoms with Gasteiger partial charge in [-0.25, -0.2) is 0 Å². The van der Waals surface area contributed by atoms with E-state index in [9.17, 15) is 0 Å². The number of hydrogen-bond acceptors (Lipinski definition) is 2. The van der Waals surface area contributed by atoms with Crippen molar-refractivity contribution in [3.63, 3.8) is 0 Å². The lowest BCUT2D eigenvalue weighted by molar-refractivity contribution is 0.660. The van der Waals surface area contributed by atoms with Crippen LogP contribution in [0.2, 0.25) is 0 Å². The molecule has 6 aromatic rings. The molecule has 9 rings (SSSR count). The summed E-state index contributed by atoms with van der Waals surface area (Å²) in [5, 5.41) is 2.52. The second kappa shape index (κ2) is 10.1. The van der Waals surface area contributed by atoms with E-state index in [1.54, 1.807) is 0 Å². The van der Waals surface area contributed by atoms with Gasteiger partial charge < -0.3 is 4.90 Å². The van der Waals surface area contributed by atoms with Crippen LogP contribution < -0.4 is 4.90 Å². The number of anilines is 3. The molecule has 0 radical (unpaired) electrons. The molecule has 0 bridgehead atoms. The van der Waals surface area contributed by atoms with Gasteiger partial charge in [0.05, 0.1) is 5.69 Å². The molecule has 2 heteroatoms. The van der Waals surface area contributed by atoms with Crippen LogP contribution in [0.25, 0.3) is 33.0 Å². The summed E-state index contributed by atoms with van der Waals surface area (Å²) >= 11 is 1.99. The molecule has 1 aliphatic heterocycles. The van der Waals surface area contributed by atoms with Crippen molar-refractivity contribution in [2.75, 3.05) is 4.90 Å². The number of nitrogens with zero attached hydrogens (tertiary/aromatic N) is 1. The average molecular weight is 610 g/mol. The van der Waals surface area contributed by atoms with Crippen LogP contribution in [0.15, 0.2) is 157 Å². The Morgan fingerprint density at radius 1 is 0.630 bits per heavy atom. The second-order valence-electron chi connectivity index (χ2n) is 13.5. The van der Waals surface area contributed by atoms with Crippen LogP contribution in [0.1, 0.15) is 43.4 Å². The van der Waals surface area contributed by atoms with Crippen LogP contribution in [0.3, 0.4) is 0 Å². The largest absolute Gasteiger partial charge is 0.310 e. The van der Waals surface area contributed by atoms with E-state index in [0.717, 1.165) is 5.69 Å². The first kappa shape index (κ1) is 27.5. The highest BCUT2D eigenvalue weighted by Crippen LogP contribution is 2.57. The van der Waals surface area contributed by atoms with E-state index in [2.05, 4.69) is 177 Å². The van der Waals surface area contributed by atoms with Gasteiger partial charge in [0.1, 0.15) is 0 Å². The summed E-state index contributed by atoms with van der Waals surface area (Å²) in [5.41, 5.74) is 12.8. The minimum absolute atomic E-state index is 0.0577. The Hall–Kier alpha value is -4.79. The summed E-state index contributed by atoms with van der Waals surface area (Å²) in [6.07, 6.45) is 9.17. The number of allylic oxidation sites excluding steroid dienone is 3. The first-order valence-electron chi connectivity index (χ1n) is 16.2. The molecule has 0 N–H and O–H groups in total. The third-order valence-corrected chi connectivity index (χ3v) is 11.8. The molecule has 0 aromatic heterocycles. The summed E-state index contributed by atoms with van der Waals surface area (Å²) in [6.45, 7) is 7.10. The summed E-state index contributed by atoms with van der Waals surface area (Å²) in [4.78, 5) is 3.85. The molecule has 0 amide bonds. The minimum Gasteiger partial charge on any atom is -0.310 e. The predicted molar refractivity (Wildman–Crippen MR) is 197 cm³/mol. The lowest BCUT2D eigenvalue weighted by Crippen LogP contribution is -2.22. The molecule has 0 saturated heterocycles. The number of benzene rings is 6. The molecule has 222 valence electrons. The molecule has 3 aliphatic rings. The van der Waals surface area contributed by atoms with Gasteiger partial charge in [0, 0.05) is 37.9 Å². The number of para-hydroxylation sites is 1. The van der Waals surface area contributed by atoms with Crippen molar-refractivity contribution in [1.29, 1.82) is 0 Å². The van der Waals surface area contributed by atoms with E-state index in [-0.39, 0.29) is 10.2 Å². The smallest absolute Gasteiger partial charge is 0.0546 e. The van der Waals surface area contributed by atoms with Gasteiger partial charge in [-0.3, -0.25) is 0 Å². The van der Waals surface area contributed by atoms with Gasteiger partial charge in [0.15, 0.2) is 0 Å². The van der Waals surface area contributed by atoms with Crippen molar-refractivity contribution in [3.8, 4) is 22.3 Å². The fourth-order valence-corrected chi connectivity index (χ4v) is 9.48. The molecule has 0 spiro atoms. The topological polar surface area (TPSA) is 3.24 Å². The quantitative estimate of drug-likeness (QED) is 0.196. The van der Waals surface area contributed by atoms with Crippen LogP contribution in [0.5, 0.6) is 0 Å². The molecule has 46 heavy (non-hydrogen) atoms. The second-order valence-corrected chi connectivity index (χ2v) is 15.0. The Morgan fingerprint density at radius 2 is 1.41 bits per heavy atom. The number of thioether (sulfide) groups is 1. The minimum atomic E-state index is -0.0806. The maximum atomic E-state index is 2.47. The van der Waals surface area contributed by atoms with Crippen molar-refractivity contribution in [2.45, 2.75) is 41.7 Å². The Morgan fingerprint density at radius 3 is 2.30 bits per heavy atom. The highest BCUT2D eigenvalue weighted by Gasteiger charge is 2.41. The molecule has 0 saturated carbocycles. The van der Waals surface area contributed by atoms with E-state index in [4.69, 9.17) is 0 Å². The lowest BCUT2D eigenvalue weighted by Gasteiger charge is -2.30. The monoisotopic (exact) mass is 609 g/mol. The molecule has 1 heterocycles. The third-order valence-electron chi connectivity index (χ3n) is 10.4. The van der Waals surface area contributed by atoms with E-state index < -0.39 is 0 Å². The van der Waals surface area contributed by atoms with Crippen molar-refractivity contribution in [1.82, 2.24) is 0 Å². The van der Waals surface area contributed by atoms with Crippen LogP contribution in [-0.4, -0.2) is 4.75 Å². The summed E-state index contributed by atoms with van der Waals surface area (Å²) in [5.74, 6) is 0.363. The average Bonchev–Trinajstić information content (AvgIpc) is 3.52. The van der Waals surface area contributed by atoms with Gasteiger partial charge in [-0.1, -0.05) is 123 Å². The number of fused-ring (bicyclic) bond motifs is 7. The van der Waals surface area contributed by atoms with Gasteiger partial charge >= 0.3 is 0 Å². The maximum Gasteiger partial charge on any atom is 0.0546 e. The molecule has 2 unspecified atom stereocenters. The zero-order chi connectivity index (χ0) is 31.0. The van der Waals surface area contributed by atoms with Gasteiger partial charge in [-0.2, -0.15) is 0 Å². The van der Waals surface area contributed by atoms with E-state index in [0.29, 0.717) is 5.92 Å². The van der Waals surface area contributed by atoms with E-state index >= 15 is 0 Å². The zero-order valence-electron chi connectivity index (χ0n) is 26.4. The number of rotatable bonds is 4. The van der Waals surface area contributed by atoms with Crippen LogP contribution in [-0.2, 0) is 5.41 Å². The van der Waals surface area contributed by atoms with Crippen molar-refractivity contribution in [2.24, 2.45) is 0 Å². The zero-order valence-corrected chi connectivity index (χ0v) is 27.2. The van der Waals surface area contributed by atoms with Gasteiger partial charge in [0.25, 0.3) is 0 Å². The highest BCUT2D eigenvalue weighted by molar-refractivity contribution is 8.01. The Balaban J connectivity index is 1.28. The number of hydrogen-bond donors (Lipinski definition) is 0. The van der Waals surface area contributed by atoms with Crippen molar-refractivity contribution >= 4 is 39.6 Å². The molecule has 1 nitrogen and oxygen atoms in total. The van der Waals surface area contributed by atoms with E-state index in [1.807, 2.05) is 11.8 Å². The molecule has 0 fully saturated rings. The van der Waals surface area contributed by atoms with Gasteiger partial charge in [-0.05, 0) is 93.5 Å². The highest BCUT2D eigenvalue weighted by atomic mass is 32.2. The first-order valence-corrected chi connectivity index (χ1v) is 17.0. The molecule has 2 aliphatic carbocycles. The van der Waals surface area contributed by atoms with Crippen LogP contribution >= 0.6 is 11.8 Å². The van der Waals surface area contributed by atoms with E-state index in [1.165, 1.54) is 66.0 Å². The van der Waals surface area contributed by atoms with Gasteiger partial charge in [-0.15, -0.1) is 11.8 Å². The Bertz CT molecular complexity index is 2240. The third kappa shape index (κ3) is 4.03. The first-order chi connectivity index (χ1) is 22.4. The van der Waals surface area contributed by atoms with Crippen LogP contribution in [0, 0.1) is 0 Å². The fourth-order valence-electron chi connectivity index (χ4n) is 8.09. The normalized spacial score (nSPS) is 19.8. The van der Waals surface area contributed by atoms with Crippen molar-refractivity contribution < 1.29 is 0 Å². The Labute approximate surface area is 275 Å². The summed E-state index contributed by atoms with van der Waals surface area (Å²) < 4.78 is 0.0577. The Kier molecular flexibility index (Phi) is 6.05. The molecular weight excluding hydrogens is 575 g/mol. The van der Waals surface area contributed by atoms with Crippen molar-refractivity contribution in [3.05, 3.63) is 168 Å². The standard InChI is InChI=1S/C44H35NS/c1-43(2)37-18-10-9-17-34(37)35-23-22-32(28-39(35)43)45(31-14-5-4-6-15-31)40-24-20-29-13-7-8-16-33(29)42(40)30-21-25-41-36(27-30)38-19-11-12-26-44(38,3)46-41/h4-28,38H,1-3H3. The summed E-state index contributed by atoms with van der Waals surface area (Å²) in [6, 6.07) is 47.5. The van der Waals surface area contributed by atoms with Gasteiger partial charge in [0.2, 0.25) is 0 Å². The maximum absolute atomic E-state index is 2.47. The predicted octanol–water partition coefficient (Wildman–Crippen LogP) is 12.4. The van der Waals surface area contributed by atoms with Crippen LogP contribution in [0.4, 0.5) is 17.1 Å². The molecular formula is C44H35NS. The lowest BCUT2D eigenvalue weighted by atomic mass is 9.82. The summed E-state index contributed by atoms with van der Waals surface area (Å²) in [7, 11) is 0. The molecule has 6 aromatic carbocycles.